The summed E-state index contributed by atoms with van der Waals surface area (Å²) in [5.74, 6) is 0.0637. The van der Waals surface area contributed by atoms with Crippen LogP contribution in [-0.2, 0) is 17.8 Å². The minimum Gasteiger partial charge on any atom is -0.454 e. The Balaban J connectivity index is 1.48. The quantitative estimate of drug-likeness (QED) is 0.586. The highest BCUT2D eigenvalue weighted by atomic mass is 16.7. The Labute approximate surface area is 167 Å². The molecule has 2 aromatic carbocycles. The lowest BCUT2D eigenvalue weighted by Crippen LogP contribution is -2.36. The molecule has 2 aliphatic heterocycles. The molecule has 0 spiro atoms. The van der Waals surface area contributed by atoms with Crippen molar-refractivity contribution in [2.75, 3.05) is 33.1 Å². The zero-order valence-corrected chi connectivity index (χ0v) is 15.8. The van der Waals surface area contributed by atoms with Gasteiger partial charge in [-0.2, -0.15) is 0 Å². The topological polar surface area (TPSA) is 103 Å². The molecule has 2 aromatic rings. The lowest BCUT2D eigenvalue weighted by molar-refractivity contribution is -0.385. The van der Waals surface area contributed by atoms with Crippen LogP contribution in [0.4, 0.5) is 5.69 Å². The van der Waals surface area contributed by atoms with Crippen molar-refractivity contribution in [3.8, 4) is 11.5 Å². The van der Waals surface area contributed by atoms with Crippen LogP contribution >= 0.6 is 0 Å². The minimum atomic E-state index is -0.594. The van der Waals surface area contributed by atoms with Gasteiger partial charge in [0.15, 0.2) is 11.5 Å². The monoisotopic (exact) mass is 399 g/mol. The van der Waals surface area contributed by atoms with E-state index in [1.165, 1.54) is 12.1 Å². The van der Waals surface area contributed by atoms with E-state index in [0.29, 0.717) is 19.0 Å². The normalized spacial score (nSPS) is 15.9. The van der Waals surface area contributed by atoms with Gasteiger partial charge >= 0.3 is 0 Å². The molecule has 4 rings (SSSR count). The zero-order chi connectivity index (χ0) is 20.2. The van der Waals surface area contributed by atoms with Gasteiger partial charge < -0.3 is 19.5 Å². The van der Waals surface area contributed by atoms with Crippen LogP contribution in [-0.4, -0.2) is 48.8 Å². The molecule has 2 heterocycles. The Morgan fingerprint density at radius 3 is 2.52 bits per heavy atom. The average Bonchev–Trinajstić information content (AvgIpc) is 3.20. The number of fused-ring (bicyclic) bond motifs is 1. The summed E-state index contributed by atoms with van der Waals surface area (Å²) in [6, 6.07) is 10.4. The fraction of sp³-hybridized carbons (Fsp3) is 0.350. The fourth-order valence-corrected chi connectivity index (χ4v) is 3.42. The second kappa shape index (κ2) is 8.46. The van der Waals surface area contributed by atoms with Gasteiger partial charge in [-0.1, -0.05) is 24.3 Å². The van der Waals surface area contributed by atoms with E-state index < -0.39 is 10.8 Å². The number of morpholine rings is 1. The van der Waals surface area contributed by atoms with Gasteiger partial charge in [-0.25, -0.2) is 0 Å². The van der Waals surface area contributed by atoms with Gasteiger partial charge in [-0.15, -0.1) is 0 Å². The van der Waals surface area contributed by atoms with Crippen molar-refractivity contribution in [1.82, 2.24) is 10.2 Å². The van der Waals surface area contributed by atoms with Crippen molar-refractivity contribution in [2.24, 2.45) is 0 Å². The lowest BCUT2D eigenvalue weighted by Gasteiger charge is -2.27. The number of hydrogen-bond acceptors (Lipinski definition) is 7. The summed E-state index contributed by atoms with van der Waals surface area (Å²) in [5, 5.41) is 14.2. The van der Waals surface area contributed by atoms with Crippen LogP contribution in [0.25, 0.3) is 0 Å². The lowest BCUT2D eigenvalue weighted by atomic mass is 10.1. The first-order valence-corrected chi connectivity index (χ1v) is 9.35. The third kappa shape index (κ3) is 4.30. The maximum atomic E-state index is 12.7. The highest BCUT2D eigenvalue weighted by Gasteiger charge is 2.27. The van der Waals surface area contributed by atoms with Crippen molar-refractivity contribution >= 4 is 11.6 Å². The van der Waals surface area contributed by atoms with Crippen LogP contribution in [0.2, 0.25) is 0 Å². The molecule has 0 aliphatic carbocycles. The number of nitro groups is 1. The molecule has 0 atom stereocenters. The number of hydrogen-bond donors (Lipinski definition) is 1. The van der Waals surface area contributed by atoms with Crippen LogP contribution in [0.15, 0.2) is 36.4 Å². The van der Waals surface area contributed by atoms with Crippen molar-refractivity contribution in [1.29, 1.82) is 0 Å². The minimum absolute atomic E-state index is 0.0214. The maximum Gasteiger partial charge on any atom is 0.286 e. The second-order valence-corrected chi connectivity index (χ2v) is 6.82. The predicted octanol–water partition coefficient (Wildman–Crippen LogP) is 2.09. The van der Waals surface area contributed by atoms with E-state index in [1.807, 2.05) is 24.3 Å². The molecule has 29 heavy (non-hydrogen) atoms. The van der Waals surface area contributed by atoms with Crippen molar-refractivity contribution in [2.45, 2.75) is 13.1 Å². The summed E-state index contributed by atoms with van der Waals surface area (Å²) in [5.41, 5.74) is 1.71. The molecule has 9 heteroatoms. The largest absolute Gasteiger partial charge is 0.454 e. The van der Waals surface area contributed by atoms with E-state index in [4.69, 9.17) is 14.2 Å². The van der Waals surface area contributed by atoms with Gasteiger partial charge in [0.2, 0.25) is 6.79 Å². The molecular weight excluding hydrogens is 378 g/mol. The Morgan fingerprint density at radius 1 is 1.10 bits per heavy atom. The van der Waals surface area contributed by atoms with Crippen LogP contribution in [0, 0.1) is 10.1 Å². The van der Waals surface area contributed by atoms with E-state index in [0.717, 1.165) is 30.8 Å². The summed E-state index contributed by atoms with van der Waals surface area (Å²) in [4.78, 5) is 25.8. The number of nitro benzene ring substituents is 1. The molecule has 0 radical (unpaired) electrons. The molecule has 1 fully saturated rings. The number of ether oxygens (including phenoxy) is 3. The van der Waals surface area contributed by atoms with Crippen molar-refractivity contribution < 1.29 is 23.9 Å². The van der Waals surface area contributed by atoms with Gasteiger partial charge in [-0.3, -0.25) is 19.8 Å². The number of amides is 1. The molecule has 0 saturated carbocycles. The standard InChI is InChI=1S/C20H21N3O6/c24-20(16-9-18-19(29-13-28-18)10-17(16)23(25)26)21-11-14-3-1-2-4-15(14)12-22-5-7-27-8-6-22/h1-4,9-10H,5-8,11-13H2,(H,21,24). The van der Waals surface area contributed by atoms with E-state index >= 15 is 0 Å². The molecular formula is C20H21N3O6. The molecule has 1 saturated heterocycles. The van der Waals surface area contributed by atoms with Gasteiger partial charge in [0.1, 0.15) is 5.56 Å². The molecule has 152 valence electrons. The van der Waals surface area contributed by atoms with Crippen molar-refractivity contribution in [3.05, 3.63) is 63.2 Å². The Bertz CT molecular complexity index is 926. The average molecular weight is 399 g/mol. The summed E-state index contributed by atoms with van der Waals surface area (Å²) in [6.45, 7) is 4.17. The number of nitrogens with one attached hydrogen (secondary N) is 1. The number of rotatable bonds is 6. The number of benzene rings is 2. The molecule has 1 amide bonds. The van der Waals surface area contributed by atoms with Gasteiger partial charge in [0.05, 0.1) is 24.2 Å². The third-order valence-electron chi connectivity index (χ3n) is 4.99. The predicted molar refractivity (Wildman–Crippen MR) is 103 cm³/mol. The number of carbonyl (C=O) groups is 1. The second-order valence-electron chi connectivity index (χ2n) is 6.82. The molecule has 0 bridgehead atoms. The van der Waals surface area contributed by atoms with Crippen LogP contribution < -0.4 is 14.8 Å². The first-order chi connectivity index (χ1) is 14.1. The van der Waals surface area contributed by atoms with Crippen molar-refractivity contribution in [3.63, 3.8) is 0 Å². The highest BCUT2D eigenvalue weighted by Crippen LogP contribution is 2.37. The Kier molecular flexibility index (Phi) is 5.59. The summed E-state index contributed by atoms with van der Waals surface area (Å²) >= 11 is 0. The molecule has 2 aliphatic rings. The molecule has 9 nitrogen and oxygen atoms in total. The molecule has 1 N–H and O–H groups in total. The van der Waals surface area contributed by atoms with Gasteiger partial charge in [-0.05, 0) is 11.1 Å². The number of nitrogens with zero attached hydrogens (tertiary/aromatic N) is 2. The van der Waals surface area contributed by atoms with Crippen LogP contribution in [0.3, 0.4) is 0 Å². The van der Waals surface area contributed by atoms with Gasteiger partial charge in [0, 0.05) is 32.2 Å². The summed E-state index contributed by atoms with van der Waals surface area (Å²) in [6.07, 6.45) is 0. The molecule has 0 aromatic heterocycles. The zero-order valence-electron chi connectivity index (χ0n) is 15.8. The fourth-order valence-electron chi connectivity index (χ4n) is 3.42. The van der Waals surface area contributed by atoms with E-state index in [-0.39, 0.29) is 30.3 Å². The Hall–Kier alpha value is -3.17. The van der Waals surface area contributed by atoms with Crippen LogP contribution in [0.1, 0.15) is 21.5 Å². The third-order valence-corrected chi connectivity index (χ3v) is 4.99. The van der Waals surface area contributed by atoms with Gasteiger partial charge in [0.25, 0.3) is 11.6 Å². The Morgan fingerprint density at radius 2 is 1.79 bits per heavy atom. The van der Waals surface area contributed by atoms with E-state index in [2.05, 4.69) is 10.2 Å². The van der Waals surface area contributed by atoms with E-state index in [1.54, 1.807) is 0 Å². The van der Waals surface area contributed by atoms with Crippen LogP contribution in [0.5, 0.6) is 11.5 Å². The first-order valence-electron chi connectivity index (χ1n) is 9.35. The summed E-state index contributed by atoms with van der Waals surface area (Å²) < 4.78 is 15.8. The molecule has 0 unspecified atom stereocenters. The first kappa shape index (κ1) is 19.2. The SMILES string of the molecule is O=C(NCc1ccccc1CN1CCOCC1)c1cc2c(cc1[N+](=O)[O-])OCO2. The summed E-state index contributed by atoms with van der Waals surface area (Å²) in [7, 11) is 0. The number of carbonyl (C=O) groups excluding carboxylic acids is 1. The van der Waals surface area contributed by atoms with E-state index in [9.17, 15) is 14.9 Å². The smallest absolute Gasteiger partial charge is 0.286 e. The maximum absolute atomic E-state index is 12.7. The highest BCUT2D eigenvalue weighted by molar-refractivity contribution is 5.99.